The topological polar surface area (TPSA) is 64.8 Å². The lowest BCUT2D eigenvalue weighted by atomic mass is 10.0. The second-order valence-electron chi connectivity index (χ2n) is 6.23. The van der Waals surface area contributed by atoms with E-state index in [4.69, 9.17) is 5.26 Å². The Morgan fingerprint density at radius 1 is 1.27 bits per heavy atom. The van der Waals surface area contributed by atoms with Crippen LogP contribution in [-0.4, -0.2) is 40.8 Å². The number of hydrogen-bond donors (Lipinski definition) is 1. The first-order valence-corrected chi connectivity index (χ1v) is 9.14. The van der Waals surface area contributed by atoms with Gasteiger partial charge in [0.05, 0.1) is 5.56 Å². The molecule has 0 aliphatic carbocycles. The van der Waals surface area contributed by atoms with E-state index in [-0.39, 0.29) is 6.04 Å². The third-order valence-corrected chi connectivity index (χ3v) is 5.17. The molecule has 26 heavy (non-hydrogen) atoms. The van der Waals surface area contributed by atoms with Gasteiger partial charge in [-0.2, -0.15) is 18.4 Å². The van der Waals surface area contributed by atoms with Crippen LogP contribution >= 0.6 is 11.3 Å². The fraction of sp³-hybridized carbons (Fsp3) is 0.471. The van der Waals surface area contributed by atoms with E-state index in [2.05, 4.69) is 20.4 Å². The zero-order valence-corrected chi connectivity index (χ0v) is 14.8. The SMILES string of the molecule is N#Cc1nnc(NC2CCN(CCc3cccc(C(F)(F)F)c3)CC2)s1. The van der Waals surface area contributed by atoms with Gasteiger partial charge in [0.25, 0.3) is 0 Å². The zero-order valence-electron chi connectivity index (χ0n) is 14.0. The first-order valence-electron chi connectivity index (χ1n) is 8.32. The molecule has 1 aromatic carbocycles. The summed E-state index contributed by atoms with van der Waals surface area (Å²) in [5.41, 5.74) is 0.115. The van der Waals surface area contributed by atoms with Crippen molar-refractivity contribution in [3.8, 4) is 6.07 Å². The van der Waals surface area contributed by atoms with Gasteiger partial charge in [0.2, 0.25) is 10.1 Å². The minimum Gasteiger partial charge on any atom is -0.357 e. The van der Waals surface area contributed by atoms with Gasteiger partial charge >= 0.3 is 6.18 Å². The van der Waals surface area contributed by atoms with Crippen molar-refractivity contribution in [1.29, 1.82) is 5.26 Å². The molecular weight excluding hydrogens is 363 g/mol. The predicted molar refractivity (Wildman–Crippen MR) is 92.9 cm³/mol. The number of nitrogens with zero attached hydrogens (tertiary/aromatic N) is 4. The zero-order chi connectivity index (χ0) is 18.6. The van der Waals surface area contributed by atoms with E-state index in [1.807, 2.05) is 6.07 Å². The number of hydrogen-bond acceptors (Lipinski definition) is 6. The molecular formula is C17H18F3N5S. The van der Waals surface area contributed by atoms with Crippen molar-refractivity contribution in [1.82, 2.24) is 15.1 Å². The lowest BCUT2D eigenvalue weighted by molar-refractivity contribution is -0.137. The van der Waals surface area contributed by atoms with Crippen molar-refractivity contribution < 1.29 is 13.2 Å². The van der Waals surface area contributed by atoms with Crippen molar-refractivity contribution in [2.45, 2.75) is 31.5 Å². The number of aromatic nitrogens is 2. The van der Waals surface area contributed by atoms with E-state index in [0.29, 0.717) is 22.1 Å². The minimum atomic E-state index is -4.30. The molecule has 1 aliphatic heterocycles. The quantitative estimate of drug-likeness (QED) is 0.858. The molecule has 2 aromatic rings. The normalized spacial score (nSPS) is 16.4. The fourth-order valence-corrected chi connectivity index (χ4v) is 3.61. The summed E-state index contributed by atoms with van der Waals surface area (Å²) in [5, 5.41) is 20.7. The molecule has 0 radical (unpaired) electrons. The van der Waals surface area contributed by atoms with Crippen LogP contribution in [0.2, 0.25) is 0 Å². The van der Waals surface area contributed by atoms with Crippen LogP contribution in [0, 0.1) is 11.3 Å². The monoisotopic (exact) mass is 381 g/mol. The number of halogens is 3. The lowest BCUT2D eigenvalue weighted by Gasteiger charge is -2.32. The Hall–Kier alpha value is -2.18. The Balaban J connectivity index is 1.45. The molecule has 0 unspecified atom stereocenters. The average Bonchev–Trinajstić information content (AvgIpc) is 3.08. The minimum absolute atomic E-state index is 0.277. The Morgan fingerprint density at radius 3 is 2.69 bits per heavy atom. The highest BCUT2D eigenvalue weighted by Gasteiger charge is 2.30. The van der Waals surface area contributed by atoms with Crippen molar-refractivity contribution in [2.75, 3.05) is 25.0 Å². The Labute approximate surface area is 153 Å². The summed E-state index contributed by atoms with van der Waals surface area (Å²) in [6.45, 7) is 2.49. The number of alkyl halides is 3. The van der Waals surface area contributed by atoms with Gasteiger partial charge in [0.15, 0.2) is 0 Å². The molecule has 1 aliphatic rings. The van der Waals surface area contributed by atoms with Crippen LogP contribution in [0.3, 0.4) is 0 Å². The van der Waals surface area contributed by atoms with E-state index < -0.39 is 11.7 Å². The van der Waals surface area contributed by atoms with Crippen LogP contribution in [0.5, 0.6) is 0 Å². The van der Waals surface area contributed by atoms with Crippen LogP contribution in [0.15, 0.2) is 24.3 Å². The van der Waals surface area contributed by atoms with Gasteiger partial charge < -0.3 is 10.2 Å². The molecule has 0 saturated carbocycles. The standard InChI is InChI=1S/C17H18F3N5S/c18-17(19,20)13-3-1-2-12(10-13)4-7-25-8-5-14(6-9-25)22-16-24-23-15(11-21)26-16/h1-3,10,14H,4-9H2,(H,22,24). The molecule has 138 valence electrons. The first-order chi connectivity index (χ1) is 12.4. The summed E-state index contributed by atoms with van der Waals surface area (Å²) in [4.78, 5) is 2.26. The summed E-state index contributed by atoms with van der Waals surface area (Å²) in [6, 6.07) is 7.78. The third-order valence-electron chi connectivity index (χ3n) is 4.41. The Kier molecular flexibility index (Phi) is 5.74. The van der Waals surface area contributed by atoms with Crippen LogP contribution in [0.25, 0.3) is 0 Å². The van der Waals surface area contributed by atoms with Gasteiger partial charge in [-0.05, 0) is 30.9 Å². The maximum Gasteiger partial charge on any atom is 0.416 e. The summed E-state index contributed by atoms with van der Waals surface area (Å²) in [5.74, 6) is 0. The van der Waals surface area contributed by atoms with Crippen LogP contribution in [0.1, 0.15) is 29.0 Å². The number of nitrogens with one attached hydrogen (secondary N) is 1. The number of rotatable bonds is 5. The molecule has 2 heterocycles. The van der Waals surface area contributed by atoms with Crippen molar-refractivity contribution in [2.24, 2.45) is 0 Å². The predicted octanol–water partition coefficient (Wildman–Crippen LogP) is 3.55. The summed E-state index contributed by atoms with van der Waals surface area (Å²) < 4.78 is 38.3. The van der Waals surface area contributed by atoms with Crippen molar-refractivity contribution >= 4 is 16.5 Å². The summed E-state index contributed by atoms with van der Waals surface area (Å²) in [7, 11) is 0. The van der Waals surface area contributed by atoms with E-state index >= 15 is 0 Å². The third kappa shape index (κ3) is 4.93. The van der Waals surface area contributed by atoms with Gasteiger partial charge in [-0.25, -0.2) is 0 Å². The van der Waals surface area contributed by atoms with E-state index in [1.165, 1.54) is 23.5 Å². The number of likely N-dealkylation sites (tertiary alicyclic amines) is 1. The number of anilines is 1. The molecule has 1 N–H and O–H groups in total. The molecule has 0 bridgehead atoms. The number of nitriles is 1. The fourth-order valence-electron chi connectivity index (χ4n) is 2.99. The number of piperidine rings is 1. The molecule has 0 atom stereocenters. The van der Waals surface area contributed by atoms with Gasteiger partial charge in [-0.1, -0.05) is 29.5 Å². The smallest absolute Gasteiger partial charge is 0.357 e. The molecule has 5 nitrogen and oxygen atoms in total. The summed E-state index contributed by atoms with van der Waals surface area (Å²) >= 11 is 1.24. The largest absolute Gasteiger partial charge is 0.416 e. The maximum atomic E-state index is 12.8. The van der Waals surface area contributed by atoms with Crippen molar-refractivity contribution in [3.63, 3.8) is 0 Å². The lowest BCUT2D eigenvalue weighted by Crippen LogP contribution is -2.40. The van der Waals surface area contributed by atoms with E-state index in [0.717, 1.165) is 38.5 Å². The van der Waals surface area contributed by atoms with Gasteiger partial charge in [0.1, 0.15) is 6.07 Å². The van der Waals surface area contributed by atoms with Crippen LogP contribution in [0.4, 0.5) is 18.3 Å². The molecule has 3 rings (SSSR count). The van der Waals surface area contributed by atoms with E-state index in [1.54, 1.807) is 6.07 Å². The number of benzene rings is 1. The highest BCUT2D eigenvalue weighted by Crippen LogP contribution is 2.29. The second kappa shape index (κ2) is 8.01. The van der Waals surface area contributed by atoms with Gasteiger partial charge in [-0.3, -0.25) is 0 Å². The van der Waals surface area contributed by atoms with Gasteiger partial charge in [0, 0.05) is 25.7 Å². The average molecular weight is 381 g/mol. The van der Waals surface area contributed by atoms with Crippen LogP contribution < -0.4 is 5.32 Å². The highest BCUT2D eigenvalue weighted by atomic mass is 32.1. The molecule has 9 heteroatoms. The van der Waals surface area contributed by atoms with Gasteiger partial charge in [-0.15, -0.1) is 10.2 Å². The Bertz CT molecular complexity index is 775. The first kappa shape index (κ1) is 18.6. The van der Waals surface area contributed by atoms with Crippen molar-refractivity contribution in [3.05, 3.63) is 40.4 Å². The Morgan fingerprint density at radius 2 is 2.04 bits per heavy atom. The molecule has 1 aromatic heterocycles. The van der Waals surface area contributed by atoms with E-state index in [9.17, 15) is 13.2 Å². The molecule has 0 spiro atoms. The highest BCUT2D eigenvalue weighted by molar-refractivity contribution is 7.15. The molecule has 1 saturated heterocycles. The molecule has 1 fully saturated rings. The molecule has 0 amide bonds. The summed E-state index contributed by atoms with van der Waals surface area (Å²) in [6.07, 6.45) is -1.85. The second-order valence-corrected chi connectivity index (χ2v) is 7.21. The van der Waals surface area contributed by atoms with Crippen LogP contribution in [-0.2, 0) is 12.6 Å². The maximum absolute atomic E-state index is 12.8.